The smallest absolute Gasteiger partial charge is 0.434 e. The Morgan fingerprint density at radius 2 is 1.58 bits per heavy atom. The van der Waals surface area contributed by atoms with Gasteiger partial charge < -0.3 is 9.47 Å². The lowest BCUT2D eigenvalue weighted by atomic mass is 10.1. The van der Waals surface area contributed by atoms with Crippen molar-refractivity contribution in [3.63, 3.8) is 0 Å². The summed E-state index contributed by atoms with van der Waals surface area (Å²) >= 11 is 0. The number of hydrogen-bond acceptors (Lipinski definition) is 3. The van der Waals surface area contributed by atoms with Crippen LogP contribution in [0.3, 0.4) is 0 Å². The number of carbonyl (C=O) groups is 1. The number of para-hydroxylation sites is 1. The van der Waals surface area contributed by atoms with Crippen LogP contribution in [-0.4, -0.2) is 12.8 Å². The van der Waals surface area contributed by atoms with E-state index >= 15 is 0 Å². The molecule has 3 heteroatoms. The Labute approximate surface area is 115 Å². The van der Waals surface area contributed by atoms with E-state index in [1.165, 1.54) is 32.1 Å². The first-order chi connectivity index (χ1) is 9.33. The van der Waals surface area contributed by atoms with Gasteiger partial charge in [-0.15, -0.1) is 0 Å². The fraction of sp³-hybridized carbons (Fsp3) is 0.562. The van der Waals surface area contributed by atoms with E-state index in [9.17, 15) is 4.79 Å². The summed E-state index contributed by atoms with van der Waals surface area (Å²) in [4.78, 5) is 11.3. The van der Waals surface area contributed by atoms with E-state index in [4.69, 9.17) is 9.47 Å². The Kier molecular flexibility index (Phi) is 8.52. The summed E-state index contributed by atoms with van der Waals surface area (Å²) in [6, 6.07) is 8.97. The van der Waals surface area contributed by atoms with Crippen LogP contribution in [0.2, 0.25) is 0 Å². The van der Waals surface area contributed by atoms with E-state index < -0.39 is 6.16 Å². The molecule has 0 bridgehead atoms. The molecule has 106 valence electrons. The van der Waals surface area contributed by atoms with Gasteiger partial charge in [0.1, 0.15) is 5.75 Å². The van der Waals surface area contributed by atoms with Crippen LogP contribution < -0.4 is 4.74 Å². The number of carbonyl (C=O) groups excluding carboxylic acids is 1. The second kappa shape index (κ2) is 10.4. The molecular formula is C16H24O3. The van der Waals surface area contributed by atoms with E-state index in [0.717, 1.165) is 12.8 Å². The minimum Gasteiger partial charge on any atom is -0.434 e. The van der Waals surface area contributed by atoms with Crippen molar-refractivity contribution in [2.75, 3.05) is 6.61 Å². The summed E-state index contributed by atoms with van der Waals surface area (Å²) in [6.45, 7) is 2.66. The van der Waals surface area contributed by atoms with Crippen LogP contribution >= 0.6 is 0 Å². The van der Waals surface area contributed by atoms with Crippen molar-refractivity contribution in [2.45, 2.75) is 51.9 Å². The summed E-state index contributed by atoms with van der Waals surface area (Å²) in [5, 5.41) is 0. The molecule has 0 fully saturated rings. The maximum atomic E-state index is 11.3. The van der Waals surface area contributed by atoms with Gasteiger partial charge in [-0.2, -0.15) is 0 Å². The highest BCUT2D eigenvalue weighted by atomic mass is 16.7. The first kappa shape index (κ1) is 15.5. The summed E-state index contributed by atoms with van der Waals surface area (Å²) in [7, 11) is 0. The van der Waals surface area contributed by atoms with Gasteiger partial charge >= 0.3 is 6.16 Å². The maximum Gasteiger partial charge on any atom is 0.513 e. The highest BCUT2D eigenvalue weighted by molar-refractivity contribution is 5.63. The summed E-state index contributed by atoms with van der Waals surface area (Å²) < 4.78 is 10.0. The third kappa shape index (κ3) is 8.25. The van der Waals surface area contributed by atoms with Gasteiger partial charge in [0, 0.05) is 0 Å². The van der Waals surface area contributed by atoms with Gasteiger partial charge in [-0.3, -0.25) is 0 Å². The molecular weight excluding hydrogens is 240 g/mol. The van der Waals surface area contributed by atoms with E-state index in [-0.39, 0.29) is 0 Å². The lowest BCUT2D eigenvalue weighted by molar-refractivity contribution is 0.0973. The van der Waals surface area contributed by atoms with Crippen molar-refractivity contribution in [3.05, 3.63) is 30.3 Å². The van der Waals surface area contributed by atoms with Crippen molar-refractivity contribution in [1.82, 2.24) is 0 Å². The molecule has 1 aromatic rings. The molecule has 0 amide bonds. The van der Waals surface area contributed by atoms with Crippen molar-refractivity contribution >= 4 is 6.16 Å². The third-order valence-electron chi connectivity index (χ3n) is 2.91. The Morgan fingerprint density at radius 1 is 0.947 bits per heavy atom. The molecule has 0 atom stereocenters. The molecule has 0 aliphatic heterocycles. The largest absolute Gasteiger partial charge is 0.513 e. The summed E-state index contributed by atoms with van der Waals surface area (Å²) in [5.41, 5.74) is 0. The van der Waals surface area contributed by atoms with Crippen LogP contribution in [0.15, 0.2) is 30.3 Å². The van der Waals surface area contributed by atoms with E-state index in [1.54, 1.807) is 12.1 Å². The molecule has 0 heterocycles. The first-order valence-corrected chi connectivity index (χ1v) is 7.22. The zero-order valence-corrected chi connectivity index (χ0v) is 11.8. The lowest BCUT2D eigenvalue weighted by Gasteiger charge is -2.05. The molecule has 0 N–H and O–H groups in total. The second-order valence-electron chi connectivity index (χ2n) is 4.63. The molecule has 0 radical (unpaired) electrons. The van der Waals surface area contributed by atoms with E-state index in [2.05, 4.69) is 6.92 Å². The van der Waals surface area contributed by atoms with E-state index in [1.807, 2.05) is 18.2 Å². The minimum absolute atomic E-state index is 0.444. The Hall–Kier alpha value is -1.51. The molecule has 0 aliphatic rings. The third-order valence-corrected chi connectivity index (χ3v) is 2.91. The van der Waals surface area contributed by atoms with Crippen molar-refractivity contribution in [2.24, 2.45) is 0 Å². The Morgan fingerprint density at radius 3 is 2.26 bits per heavy atom. The number of benzene rings is 1. The van der Waals surface area contributed by atoms with Crippen LogP contribution in [0.1, 0.15) is 51.9 Å². The van der Waals surface area contributed by atoms with Gasteiger partial charge in [0.2, 0.25) is 0 Å². The molecule has 0 spiro atoms. The number of ether oxygens (including phenoxy) is 2. The van der Waals surface area contributed by atoms with E-state index in [0.29, 0.717) is 12.4 Å². The second-order valence-corrected chi connectivity index (χ2v) is 4.63. The average molecular weight is 264 g/mol. The van der Waals surface area contributed by atoms with Crippen LogP contribution in [0.5, 0.6) is 5.75 Å². The maximum absolute atomic E-state index is 11.3. The fourth-order valence-electron chi connectivity index (χ4n) is 1.83. The van der Waals surface area contributed by atoms with Gasteiger partial charge in [0.25, 0.3) is 0 Å². The van der Waals surface area contributed by atoms with Crippen molar-refractivity contribution in [1.29, 1.82) is 0 Å². The zero-order valence-electron chi connectivity index (χ0n) is 11.8. The minimum atomic E-state index is -0.614. The number of hydrogen-bond donors (Lipinski definition) is 0. The average Bonchev–Trinajstić information content (AvgIpc) is 2.43. The fourth-order valence-corrected chi connectivity index (χ4v) is 1.83. The molecule has 0 saturated heterocycles. The topological polar surface area (TPSA) is 35.5 Å². The van der Waals surface area contributed by atoms with Crippen LogP contribution in [0.4, 0.5) is 4.79 Å². The zero-order chi connectivity index (χ0) is 13.8. The number of rotatable bonds is 9. The predicted octanol–water partition coefficient (Wildman–Crippen LogP) is 4.95. The van der Waals surface area contributed by atoms with Gasteiger partial charge in [-0.25, -0.2) is 4.79 Å². The summed E-state index contributed by atoms with van der Waals surface area (Å²) in [5.74, 6) is 0.520. The van der Waals surface area contributed by atoms with Crippen molar-refractivity contribution < 1.29 is 14.3 Å². The Bertz CT molecular complexity index is 335. The SMILES string of the molecule is CCCCCCCCCOC(=O)Oc1ccccc1. The molecule has 1 aromatic carbocycles. The quantitative estimate of drug-likeness (QED) is 0.359. The normalized spacial score (nSPS) is 10.2. The standard InChI is InChI=1S/C16H24O3/c1-2-3-4-5-6-7-11-14-18-16(17)19-15-12-9-8-10-13-15/h8-10,12-13H,2-7,11,14H2,1H3. The van der Waals surface area contributed by atoms with Gasteiger partial charge in [-0.1, -0.05) is 63.6 Å². The monoisotopic (exact) mass is 264 g/mol. The van der Waals surface area contributed by atoms with Gasteiger partial charge in [-0.05, 0) is 18.6 Å². The summed E-state index contributed by atoms with van der Waals surface area (Å²) in [6.07, 6.45) is 7.82. The predicted molar refractivity (Wildman–Crippen MR) is 76.4 cm³/mol. The molecule has 0 aliphatic carbocycles. The van der Waals surface area contributed by atoms with Gasteiger partial charge in [0.05, 0.1) is 6.61 Å². The molecule has 0 unspecified atom stereocenters. The number of unbranched alkanes of at least 4 members (excludes halogenated alkanes) is 6. The van der Waals surface area contributed by atoms with Crippen LogP contribution in [0.25, 0.3) is 0 Å². The molecule has 19 heavy (non-hydrogen) atoms. The lowest BCUT2D eigenvalue weighted by Crippen LogP contribution is -2.11. The first-order valence-electron chi connectivity index (χ1n) is 7.22. The molecule has 0 saturated carbocycles. The van der Waals surface area contributed by atoms with Crippen molar-refractivity contribution in [3.8, 4) is 5.75 Å². The Balaban J connectivity index is 1.96. The highest BCUT2D eigenvalue weighted by Gasteiger charge is 2.04. The van der Waals surface area contributed by atoms with Gasteiger partial charge in [0.15, 0.2) is 0 Å². The van der Waals surface area contributed by atoms with Crippen LogP contribution in [0, 0.1) is 0 Å². The molecule has 1 rings (SSSR count). The molecule has 0 aromatic heterocycles. The molecule has 3 nitrogen and oxygen atoms in total. The highest BCUT2D eigenvalue weighted by Crippen LogP contribution is 2.10. The van der Waals surface area contributed by atoms with Crippen LogP contribution in [-0.2, 0) is 4.74 Å².